The van der Waals surface area contributed by atoms with Gasteiger partial charge in [-0.05, 0) is 65.8 Å². The summed E-state index contributed by atoms with van der Waals surface area (Å²) in [6, 6.07) is 14.2. The second-order valence-corrected chi connectivity index (χ2v) is 9.42. The van der Waals surface area contributed by atoms with Gasteiger partial charge in [0.15, 0.2) is 0 Å². The van der Waals surface area contributed by atoms with E-state index >= 15 is 0 Å². The maximum absolute atomic E-state index is 12.8. The van der Waals surface area contributed by atoms with Crippen LogP contribution in [0.2, 0.25) is 0 Å². The van der Waals surface area contributed by atoms with Gasteiger partial charge in [0, 0.05) is 17.3 Å². The Balaban J connectivity index is 1.64. The van der Waals surface area contributed by atoms with Crippen molar-refractivity contribution in [3.05, 3.63) is 59.7 Å². The summed E-state index contributed by atoms with van der Waals surface area (Å²) in [6.45, 7) is 11.7. The second-order valence-electron chi connectivity index (χ2n) is 9.42. The molecule has 1 N–H and O–H groups in total. The zero-order valence-electron chi connectivity index (χ0n) is 19.6. The Morgan fingerprint density at radius 2 is 1.84 bits per heavy atom. The highest BCUT2D eigenvalue weighted by atomic mass is 16.6. The topological polar surface area (TPSA) is 77.1 Å². The minimum Gasteiger partial charge on any atom is -0.491 e. The number of carbonyl (C=O) groups excluding carboxylic acids is 2. The van der Waals surface area contributed by atoms with Gasteiger partial charge in [0.25, 0.3) is 5.91 Å². The molecule has 172 valence electrons. The second kappa shape index (κ2) is 9.20. The van der Waals surface area contributed by atoms with E-state index in [1.165, 1.54) is 0 Å². The van der Waals surface area contributed by atoms with Gasteiger partial charge in [-0.1, -0.05) is 23.8 Å². The van der Waals surface area contributed by atoms with Crippen molar-refractivity contribution in [1.82, 2.24) is 4.90 Å². The number of benzene rings is 2. The first-order valence-electron chi connectivity index (χ1n) is 10.7. The monoisotopic (exact) mass is 440 g/mol. The van der Waals surface area contributed by atoms with Crippen molar-refractivity contribution in [3.8, 4) is 5.75 Å². The van der Waals surface area contributed by atoms with Crippen molar-refractivity contribution >= 4 is 17.7 Å². The van der Waals surface area contributed by atoms with Crippen LogP contribution in [0, 0.1) is 6.92 Å². The fourth-order valence-electron chi connectivity index (χ4n) is 3.45. The fourth-order valence-corrected chi connectivity index (χ4v) is 3.45. The lowest BCUT2D eigenvalue weighted by Crippen LogP contribution is -2.51. The molecule has 1 aliphatic heterocycles. The van der Waals surface area contributed by atoms with Crippen LogP contribution in [0.5, 0.6) is 5.75 Å². The summed E-state index contributed by atoms with van der Waals surface area (Å²) in [7, 11) is 0. The van der Waals surface area contributed by atoms with Crippen LogP contribution in [0.3, 0.4) is 0 Å². The van der Waals surface area contributed by atoms with Gasteiger partial charge in [-0.3, -0.25) is 9.69 Å². The lowest BCUT2D eigenvalue weighted by atomic mass is 10.1. The summed E-state index contributed by atoms with van der Waals surface area (Å²) in [5, 5.41) is 2.88. The number of ether oxygens (including phenoxy) is 3. The number of aryl methyl sites for hydroxylation is 1. The number of anilines is 1. The molecule has 7 heteroatoms. The third-order valence-corrected chi connectivity index (χ3v) is 5.01. The van der Waals surface area contributed by atoms with Gasteiger partial charge in [-0.2, -0.15) is 0 Å². The molecule has 1 fully saturated rings. The van der Waals surface area contributed by atoms with E-state index in [0.29, 0.717) is 23.6 Å². The Morgan fingerprint density at radius 3 is 2.50 bits per heavy atom. The van der Waals surface area contributed by atoms with Crippen LogP contribution >= 0.6 is 0 Å². The minimum absolute atomic E-state index is 0.191. The summed E-state index contributed by atoms with van der Waals surface area (Å²) >= 11 is 0. The first kappa shape index (κ1) is 23.6. The predicted molar refractivity (Wildman–Crippen MR) is 123 cm³/mol. The number of rotatable bonds is 5. The molecular weight excluding hydrogens is 408 g/mol. The van der Waals surface area contributed by atoms with E-state index in [-0.39, 0.29) is 18.6 Å². The summed E-state index contributed by atoms with van der Waals surface area (Å²) < 4.78 is 17.3. The van der Waals surface area contributed by atoms with E-state index < -0.39 is 17.4 Å². The molecular formula is C25H32N2O5. The van der Waals surface area contributed by atoms with E-state index in [9.17, 15) is 9.59 Å². The Kier molecular flexibility index (Phi) is 6.79. The Hall–Kier alpha value is -3.06. The Morgan fingerprint density at radius 1 is 1.16 bits per heavy atom. The summed E-state index contributed by atoms with van der Waals surface area (Å²) in [6.07, 6.45) is -0.437. The molecule has 2 aromatic rings. The standard InChI is InChI=1S/C25H32N2O5/c1-17-10-12-18(13-11-17)22(28)26-19-8-7-9-21(14-19)30-15-20-16-31-25(5,6)27(20)23(29)32-24(2,3)4/h7-14,20H,15-16H2,1-6H3,(H,26,28)/t20-/m0/s1. The van der Waals surface area contributed by atoms with Gasteiger partial charge in [0.1, 0.15) is 23.7 Å². The van der Waals surface area contributed by atoms with Crippen LogP contribution in [0.1, 0.15) is 50.5 Å². The third-order valence-electron chi connectivity index (χ3n) is 5.01. The van der Waals surface area contributed by atoms with Crippen LogP contribution in [0.4, 0.5) is 10.5 Å². The van der Waals surface area contributed by atoms with Crippen molar-refractivity contribution in [2.45, 2.75) is 58.9 Å². The first-order valence-corrected chi connectivity index (χ1v) is 10.7. The van der Waals surface area contributed by atoms with Crippen LogP contribution in [-0.4, -0.2) is 47.5 Å². The Bertz CT molecular complexity index is 963. The number of nitrogens with one attached hydrogen (secondary N) is 1. The zero-order chi connectivity index (χ0) is 23.5. The number of carbonyl (C=O) groups is 2. The van der Waals surface area contributed by atoms with E-state index in [0.717, 1.165) is 5.56 Å². The van der Waals surface area contributed by atoms with Gasteiger partial charge in [-0.25, -0.2) is 4.79 Å². The van der Waals surface area contributed by atoms with Crippen LogP contribution in [0.15, 0.2) is 48.5 Å². The molecule has 3 rings (SSSR count). The highest BCUT2D eigenvalue weighted by molar-refractivity contribution is 6.04. The van der Waals surface area contributed by atoms with E-state index in [4.69, 9.17) is 14.2 Å². The molecule has 32 heavy (non-hydrogen) atoms. The first-order chi connectivity index (χ1) is 14.9. The maximum atomic E-state index is 12.8. The SMILES string of the molecule is Cc1ccc(C(=O)Nc2cccc(OC[C@H]3COC(C)(C)N3C(=O)OC(C)(C)C)c2)cc1. The molecule has 1 atom stereocenters. The molecule has 0 spiro atoms. The zero-order valence-corrected chi connectivity index (χ0v) is 19.6. The molecule has 7 nitrogen and oxygen atoms in total. The van der Waals surface area contributed by atoms with E-state index in [2.05, 4.69) is 5.32 Å². The molecule has 1 aliphatic rings. The molecule has 2 aromatic carbocycles. The van der Waals surface area contributed by atoms with Crippen molar-refractivity contribution in [2.24, 2.45) is 0 Å². The largest absolute Gasteiger partial charge is 0.491 e. The van der Waals surface area contributed by atoms with Crippen molar-refractivity contribution in [2.75, 3.05) is 18.5 Å². The minimum atomic E-state index is -0.791. The van der Waals surface area contributed by atoms with Crippen LogP contribution < -0.4 is 10.1 Å². The van der Waals surface area contributed by atoms with Crippen molar-refractivity contribution in [3.63, 3.8) is 0 Å². The third kappa shape index (κ3) is 6.01. The van der Waals surface area contributed by atoms with Crippen LogP contribution in [0.25, 0.3) is 0 Å². The van der Waals surface area contributed by atoms with Gasteiger partial charge >= 0.3 is 6.09 Å². The molecule has 0 saturated carbocycles. The molecule has 0 aromatic heterocycles. The van der Waals surface area contributed by atoms with Crippen LogP contribution in [-0.2, 0) is 9.47 Å². The van der Waals surface area contributed by atoms with E-state index in [1.807, 2.05) is 53.7 Å². The summed E-state index contributed by atoms with van der Waals surface area (Å²) in [5.41, 5.74) is 0.905. The number of hydrogen-bond donors (Lipinski definition) is 1. The fraction of sp³-hybridized carbons (Fsp3) is 0.440. The smallest absolute Gasteiger partial charge is 0.413 e. The molecule has 0 bridgehead atoms. The summed E-state index contributed by atoms with van der Waals surface area (Å²) in [5.74, 6) is 0.393. The van der Waals surface area contributed by atoms with Gasteiger partial charge in [-0.15, -0.1) is 0 Å². The highest BCUT2D eigenvalue weighted by Gasteiger charge is 2.46. The lowest BCUT2D eigenvalue weighted by molar-refractivity contribution is -0.0637. The molecule has 1 heterocycles. The average Bonchev–Trinajstić information content (AvgIpc) is 3.00. The van der Waals surface area contributed by atoms with Gasteiger partial charge < -0.3 is 19.5 Å². The number of nitrogens with zero attached hydrogens (tertiary/aromatic N) is 1. The van der Waals surface area contributed by atoms with Gasteiger partial charge in [0.05, 0.1) is 12.6 Å². The highest BCUT2D eigenvalue weighted by Crippen LogP contribution is 2.30. The molecule has 2 amide bonds. The number of hydrogen-bond acceptors (Lipinski definition) is 5. The molecule has 0 radical (unpaired) electrons. The summed E-state index contributed by atoms with van der Waals surface area (Å²) in [4.78, 5) is 26.8. The average molecular weight is 441 g/mol. The molecule has 1 saturated heterocycles. The van der Waals surface area contributed by atoms with Crippen molar-refractivity contribution < 1.29 is 23.8 Å². The maximum Gasteiger partial charge on any atom is 0.413 e. The van der Waals surface area contributed by atoms with E-state index in [1.54, 1.807) is 41.3 Å². The predicted octanol–water partition coefficient (Wildman–Crippen LogP) is 5.00. The lowest BCUT2D eigenvalue weighted by Gasteiger charge is -2.35. The quantitative estimate of drug-likeness (QED) is 0.708. The number of amides is 2. The Labute approximate surface area is 189 Å². The normalized spacial score (nSPS) is 17.7. The molecule has 0 aliphatic carbocycles. The van der Waals surface area contributed by atoms with Crippen molar-refractivity contribution in [1.29, 1.82) is 0 Å². The molecule has 0 unspecified atom stereocenters. The van der Waals surface area contributed by atoms with Gasteiger partial charge in [0.2, 0.25) is 0 Å².